The predicted octanol–water partition coefficient (Wildman–Crippen LogP) is 1.18. The molecule has 1 aromatic carbocycles. The lowest BCUT2D eigenvalue weighted by Crippen LogP contribution is -2.46. The Balaban J connectivity index is 3.44. The molecule has 1 amide bonds. The van der Waals surface area contributed by atoms with Crippen molar-refractivity contribution in [3.63, 3.8) is 0 Å². The van der Waals surface area contributed by atoms with Gasteiger partial charge in [-0.2, -0.15) is 12.6 Å². The van der Waals surface area contributed by atoms with Crippen LogP contribution in [0.2, 0.25) is 5.02 Å². The van der Waals surface area contributed by atoms with E-state index in [4.69, 9.17) is 16.3 Å². The molecular formula is C18H20ClNO11S. The van der Waals surface area contributed by atoms with Crippen molar-refractivity contribution in [2.45, 2.75) is 19.1 Å². The van der Waals surface area contributed by atoms with Gasteiger partial charge in [-0.05, 0) is 6.92 Å². The molecule has 32 heavy (non-hydrogen) atoms. The molecule has 2 unspecified atom stereocenters. The van der Waals surface area contributed by atoms with Crippen LogP contribution >= 0.6 is 24.2 Å². The number of carbonyl (C=O) groups excluding carboxylic acids is 1. The summed E-state index contributed by atoms with van der Waals surface area (Å²) in [6, 6.07) is 1.13. The highest BCUT2D eigenvalue weighted by Gasteiger charge is 2.46. The van der Waals surface area contributed by atoms with Gasteiger partial charge in [-0.3, -0.25) is 24.0 Å². The molecule has 0 aliphatic rings. The number of nitrogens with one attached hydrogen (secondary N) is 1. The fraction of sp³-hybridized carbons (Fsp3) is 0.389. The van der Waals surface area contributed by atoms with Crippen molar-refractivity contribution in [1.29, 1.82) is 0 Å². The maximum atomic E-state index is 11.5. The Morgan fingerprint density at radius 3 is 1.91 bits per heavy atom. The number of thiol groups is 1. The Hall–Kier alpha value is -3.19. The van der Waals surface area contributed by atoms with Crippen molar-refractivity contribution < 1.29 is 54.2 Å². The van der Waals surface area contributed by atoms with Crippen LogP contribution < -0.4 is 10.1 Å². The molecule has 1 aromatic rings. The van der Waals surface area contributed by atoms with Crippen molar-refractivity contribution in [2.75, 3.05) is 11.9 Å². The highest BCUT2D eigenvalue weighted by Crippen LogP contribution is 2.41. The van der Waals surface area contributed by atoms with Gasteiger partial charge in [0.25, 0.3) is 0 Å². The minimum atomic E-state index is -2.26. The zero-order valence-corrected chi connectivity index (χ0v) is 18.3. The second-order valence-electron chi connectivity index (χ2n) is 6.66. The molecule has 0 spiro atoms. The van der Waals surface area contributed by atoms with E-state index < -0.39 is 65.1 Å². The van der Waals surface area contributed by atoms with Gasteiger partial charge in [-0.25, -0.2) is 0 Å². The molecule has 2 atom stereocenters. The van der Waals surface area contributed by atoms with Crippen molar-refractivity contribution in [3.05, 3.63) is 16.7 Å². The summed E-state index contributed by atoms with van der Waals surface area (Å²) in [5, 5.41) is 47.4. The van der Waals surface area contributed by atoms with Gasteiger partial charge in [-0.1, -0.05) is 11.6 Å². The first kappa shape index (κ1) is 26.8. The maximum absolute atomic E-state index is 11.5. The third kappa shape index (κ3) is 6.17. The molecule has 1 rings (SSSR count). The Morgan fingerprint density at radius 1 is 1.03 bits per heavy atom. The van der Waals surface area contributed by atoms with E-state index >= 15 is 0 Å². The van der Waals surface area contributed by atoms with Gasteiger partial charge >= 0.3 is 23.9 Å². The van der Waals surface area contributed by atoms with Crippen molar-refractivity contribution in [3.8, 4) is 11.5 Å². The number of rotatable bonds is 11. The number of phenols is 1. The zero-order valence-electron chi connectivity index (χ0n) is 16.6. The van der Waals surface area contributed by atoms with Crippen LogP contribution in [0, 0.1) is 24.7 Å². The van der Waals surface area contributed by atoms with Gasteiger partial charge in [0.15, 0.2) is 17.6 Å². The summed E-state index contributed by atoms with van der Waals surface area (Å²) >= 11 is 9.92. The smallest absolute Gasteiger partial charge is 0.319 e. The van der Waals surface area contributed by atoms with Crippen LogP contribution in [0.15, 0.2) is 6.07 Å². The first-order valence-electron chi connectivity index (χ1n) is 8.72. The van der Waals surface area contributed by atoms with Crippen LogP contribution in [0.4, 0.5) is 5.69 Å². The molecule has 0 aliphatic heterocycles. The number of halogens is 1. The standard InChI is InChI=1S/C18H20ClNO11S/c1-5-9(3-8(20-6(2)21)13(22)12(5)19)31-4-7(10(15(23)24)16(25)26)14(32)11(17(27)28)18(29)30/h3,7,10-11,14,22,32H,4H2,1-2H3,(H,20,21)(H,23,24)(H,25,26)(H,27,28)(H,29,30). The quantitative estimate of drug-likeness (QED) is 0.132. The number of hydrogen-bond acceptors (Lipinski definition) is 8. The number of aliphatic carboxylic acids is 4. The average molecular weight is 494 g/mol. The van der Waals surface area contributed by atoms with E-state index in [0.29, 0.717) is 0 Å². The summed E-state index contributed by atoms with van der Waals surface area (Å²) in [5.41, 5.74) is -0.0352. The highest BCUT2D eigenvalue weighted by molar-refractivity contribution is 7.81. The monoisotopic (exact) mass is 493 g/mol. The molecule has 0 aliphatic carbocycles. The van der Waals surface area contributed by atoms with E-state index in [0.717, 1.165) is 13.0 Å². The molecule has 0 bridgehead atoms. The molecule has 6 N–H and O–H groups in total. The van der Waals surface area contributed by atoms with Gasteiger partial charge in [0, 0.05) is 29.7 Å². The number of carbonyl (C=O) groups is 5. The number of aromatic hydroxyl groups is 1. The number of ether oxygens (including phenoxy) is 1. The molecule has 0 heterocycles. The van der Waals surface area contributed by atoms with Crippen molar-refractivity contribution >= 4 is 59.7 Å². The van der Waals surface area contributed by atoms with Crippen LogP contribution in [0.3, 0.4) is 0 Å². The number of carboxylic acids is 4. The summed E-state index contributed by atoms with van der Waals surface area (Å²) in [5.74, 6) is -14.8. The minimum absolute atomic E-state index is 0.112. The van der Waals surface area contributed by atoms with Crippen molar-refractivity contribution in [1.82, 2.24) is 0 Å². The fourth-order valence-corrected chi connectivity index (χ4v) is 3.55. The number of benzene rings is 1. The van der Waals surface area contributed by atoms with Crippen LogP contribution in [0.25, 0.3) is 0 Å². The van der Waals surface area contributed by atoms with Crippen LogP contribution in [-0.2, 0) is 24.0 Å². The molecule has 14 heteroatoms. The Kier molecular flexibility index (Phi) is 9.15. The predicted molar refractivity (Wildman–Crippen MR) is 111 cm³/mol. The van der Waals surface area contributed by atoms with E-state index in [1.165, 1.54) is 6.92 Å². The van der Waals surface area contributed by atoms with Crippen LogP contribution in [0.5, 0.6) is 11.5 Å². The number of amides is 1. The molecule has 0 radical (unpaired) electrons. The largest absolute Gasteiger partial charge is 0.504 e. The van der Waals surface area contributed by atoms with Gasteiger partial charge in [-0.15, -0.1) is 0 Å². The topological polar surface area (TPSA) is 208 Å². The summed E-state index contributed by atoms with van der Waals surface area (Å²) in [6.07, 6.45) is 0. The Bertz CT molecular complexity index is 923. The number of phenolic OH excluding ortho intramolecular Hbond substituents is 1. The lowest BCUT2D eigenvalue weighted by Gasteiger charge is -2.29. The highest BCUT2D eigenvalue weighted by atomic mass is 35.5. The number of hydrogen-bond donors (Lipinski definition) is 7. The molecule has 0 fully saturated rings. The summed E-state index contributed by atoms with van der Waals surface area (Å²) in [7, 11) is 0. The zero-order chi connectivity index (χ0) is 24.9. The third-order valence-corrected chi connectivity index (χ3v) is 5.60. The summed E-state index contributed by atoms with van der Waals surface area (Å²) < 4.78 is 5.46. The number of carboxylic acid groups (broad SMARTS) is 4. The second-order valence-corrected chi connectivity index (χ2v) is 7.64. The van der Waals surface area contributed by atoms with Gasteiger partial charge in [0.1, 0.15) is 5.75 Å². The van der Waals surface area contributed by atoms with E-state index in [1.807, 2.05) is 0 Å². The lowest BCUT2D eigenvalue weighted by molar-refractivity contribution is -0.162. The summed E-state index contributed by atoms with van der Waals surface area (Å²) in [6.45, 7) is 1.75. The van der Waals surface area contributed by atoms with Gasteiger partial charge < -0.3 is 35.6 Å². The van der Waals surface area contributed by atoms with E-state index in [2.05, 4.69) is 17.9 Å². The van der Waals surface area contributed by atoms with Crippen LogP contribution in [0.1, 0.15) is 12.5 Å². The number of anilines is 1. The van der Waals surface area contributed by atoms with Gasteiger partial charge in [0.2, 0.25) is 5.91 Å². The molecule has 0 saturated carbocycles. The van der Waals surface area contributed by atoms with Crippen molar-refractivity contribution in [2.24, 2.45) is 17.8 Å². The third-order valence-electron chi connectivity index (χ3n) is 4.45. The maximum Gasteiger partial charge on any atom is 0.319 e. The summed E-state index contributed by atoms with van der Waals surface area (Å²) in [4.78, 5) is 57.1. The first-order chi connectivity index (χ1) is 14.7. The lowest BCUT2D eigenvalue weighted by atomic mass is 9.84. The first-order valence-corrected chi connectivity index (χ1v) is 9.61. The molecule has 0 aromatic heterocycles. The Labute approximate surface area is 191 Å². The van der Waals surface area contributed by atoms with E-state index in [1.54, 1.807) is 0 Å². The molecular weight excluding hydrogens is 474 g/mol. The average Bonchev–Trinajstić information content (AvgIpc) is 2.64. The second kappa shape index (κ2) is 10.9. The molecule has 12 nitrogen and oxygen atoms in total. The normalized spacial score (nSPS) is 12.8. The SMILES string of the molecule is CC(=O)Nc1cc(OCC(C(C(=O)O)C(=O)O)C(S)C(C(=O)O)C(=O)O)c(C)c(Cl)c1O. The van der Waals surface area contributed by atoms with Crippen LogP contribution in [-0.4, -0.2) is 67.2 Å². The van der Waals surface area contributed by atoms with Gasteiger partial charge in [0.05, 0.1) is 17.3 Å². The Morgan fingerprint density at radius 2 is 1.50 bits per heavy atom. The molecule has 176 valence electrons. The molecule has 0 saturated heterocycles. The van der Waals surface area contributed by atoms with E-state index in [9.17, 15) is 49.5 Å². The van der Waals surface area contributed by atoms with E-state index in [-0.39, 0.29) is 22.0 Å². The minimum Gasteiger partial charge on any atom is -0.504 e. The fourth-order valence-electron chi connectivity index (χ4n) is 2.84.